The fourth-order valence-corrected chi connectivity index (χ4v) is 16.9. The summed E-state index contributed by atoms with van der Waals surface area (Å²) >= 11 is 0. The van der Waals surface area contributed by atoms with Gasteiger partial charge in [-0.1, -0.05) is 53.2 Å². The van der Waals surface area contributed by atoms with E-state index in [1.165, 1.54) is 5.57 Å². The van der Waals surface area contributed by atoms with Crippen molar-refractivity contribution in [2.24, 2.45) is 45.3 Å². The molecule has 0 bridgehead atoms. The first-order valence-electron chi connectivity index (χ1n) is 30.7. The van der Waals surface area contributed by atoms with Crippen molar-refractivity contribution in [2.75, 3.05) is 33.0 Å². The van der Waals surface area contributed by atoms with Crippen LogP contribution in [0, 0.1) is 45.3 Å². The van der Waals surface area contributed by atoms with Crippen LogP contribution in [0.5, 0.6) is 0 Å². The maximum atomic E-state index is 12.8. The molecule has 0 aromatic heterocycles. The molecule has 21 nitrogen and oxygen atoms in total. The molecule has 4 aliphatic carbocycles. The van der Waals surface area contributed by atoms with E-state index in [2.05, 4.69) is 47.6 Å². The van der Waals surface area contributed by atoms with Crippen LogP contribution in [-0.4, -0.2) is 218 Å². The minimum absolute atomic E-state index is 0.0230. The molecule has 8 fully saturated rings. The second kappa shape index (κ2) is 25.9. The Hall–Kier alpha value is -1.10. The smallest absolute Gasteiger partial charge is 0.161 e. The molecule has 0 spiro atoms. The lowest BCUT2D eigenvalue weighted by atomic mass is 9.38. The van der Waals surface area contributed by atoms with Gasteiger partial charge < -0.3 is 104 Å². The van der Waals surface area contributed by atoms with E-state index >= 15 is 0 Å². The van der Waals surface area contributed by atoms with Gasteiger partial charge in [0.05, 0.1) is 106 Å². The molecule has 468 valence electrons. The molecule has 5 saturated heterocycles. The zero-order chi connectivity index (χ0) is 58.6. The molecule has 11 N–H and O–H groups in total. The van der Waals surface area contributed by atoms with E-state index < -0.39 is 133 Å². The van der Waals surface area contributed by atoms with Gasteiger partial charge in [0.2, 0.25) is 0 Å². The molecular weight excluding hydrogens is 1060 g/mol. The van der Waals surface area contributed by atoms with Crippen LogP contribution in [0.15, 0.2) is 11.6 Å². The molecule has 0 aromatic rings. The quantitative estimate of drug-likeness (QED) is 0.0781. The number of ether oxygens (including phenoxy) is 10. The summed E-state index contributed by atoms with van der Waals surface area (Å²) in [5.41, 5.74) is -1.08. The highest BCUT2D eigenvalue weighted by molar-refractivity contribution is 5.32. The highest BCUT2D eigenvalue weighted by Gasteiger charge is 2.70. The first-order chi connectivity index (χ1) is 38.2. The summed E-state index contributed by atoms with van der Waals surface area (Å²) in [4.78, 5) is 0. The van der Waals surface area contributed by atoms with Gasteiger partial charge in [0.25, 0.3) is 0 Å². The van der Waals surface area contributed by atoms with Gasteiger partial charge in [-0.3, -0.25) is 0 Å². The first-order valence-corrected chi connectivity index (χ1v) is 30.7. The lowest BCUT2D eigenvalue weighted by Gasteiger charge is -2.67. The Bertz CT molecular complexity index is 2060. The molecule has 5 heterocycles. The molecule has 2 unspecified atom stereocenters. The van der Waals surface area contributed by atoms with E-state index in [9.17, 15) is 56.2 Å². The SMILES string of the molecule is C[C@H](CC[C@@H](O[C@H]1C[C@@H](O)[C@H](O)[C@@H](CO[C@H]2C[C@@H](O)C[C@@H](CO[C@H]3C[C@@H](O)C[C@@H](CO)O3)O2)O1)C(C)(C)O)C1CC[C@@]2(C)[C@@H]3CC=C4C(CC[C@H](O[C@H]5C[C@@H](O)[C@H](O)[C@@H](CO[C@H]6C[C@@H](O)C[C@@H](CO)O6)O5)C4(C)C)[C@]3(C)[C@H](O)C[C@]12C. The summed E-state index contributed by atoms with van der Waals surface area (Å²) in [6, 6.07) is 0. The highest BCUT2D eigenvalue weighted by atomic mass is 16.7. The van der Waals surface area contributed by atoms with Gasteiger partial charge >= 0.3 is 0 Å². The Morgan fingerprint density at radius 3 is 1.68 bits per heavy atom. The zero-order valence-electron chi connectivity index (χ0n) is 49.3. The number of aliphatic hydroxyl groups excluding tert-OH is 10. The number of allylic oxidation sites excluding steroid dienone is 1. The van der Waals surface area contributed by atoms with Crippen LogP contribution in [-0.2, 0) is 47.4 Å². The fraction of sp³-hybridized carbons (Fsp3) is 0.967. The van der Waals surface area contributed by atoms with Crippen molar-refractivity contribution in [3.05, 3.63) is 11.6 Å². The van der Waals surface area contributed by atoms with Gasteiger partial charge in [-0.05, 0) is 99.7 Å². The third kappa shape index (κ3) is 13.6. The average Bonchev–Trinajstić information content (AvgIpc) is 3.99. The van der Waals surface area contributed by atoms with Crippen molar-refractivity contribution in [3.63, 3.8) is 0 Å². The van der Waals surface area contributed by atoms with Crippen molar-refractivity contribution < 1.29 is 104 Å². The molecule has 0 radical (unpaired) electrons. The fourth-order valence-electron chi connectivity index (χ4n) is 16.9. The van der Waals surface area contributed by atoms with E-state index in [4.69, 9.17) is 47.4 Å². The van der Waals surface area contributed by atoms with E-state index in [0.717, 1.165) is 32.1 Å². The molecule has 81 heavy (non-hydrogen) atoms. The number of fused-ring (bicyclic) bond motifs is 5. The number of aliphatic hydroxyl groups is 11. The van der Waals surface area contributed by atoms with Crippen LogP contribution in [0.25, 0.3) is 0 Å². The Morgan fingerprint density at radius 1 is 0.605 bits per heavy atom. The summed E-state index contributed by atoms with van der Waals surface area (Å²) in [5, 5.41) is 119. The summed E-state index contributed by atoms with van der Waals surface area (Å²) < 4.78 is 61.2. The average molecular weight is 1160 g/mol. The molecule has 21 heteroatoms. The van der Waals surface area contributed by atoms with E-state index in [1.807, 2.05) is 0 Å². The molecule has 0 amide bonds. The lowest BCUT2D eigenvalue weighted by molar-refractivity contribution is -0.302. The Balaban J connectivity index is 0.789. The van der Waals surface area contributed by atoms with E-state index in [-0.39, 0.29) is 112 Å². The molecule has 27 atom stereocenters. The van der Waals surface area contributed by atoms with Crippen molar-refractivity contribution in [1.29, 1.82) is 0 Å². The van der Waals surface area contributed by atoms with Gasteiger partial charge in [-0.25, -0.2) is 0 Å². The van der Waals surface area contributed by atoms with Gasteiger partial charge in [0, 0.05) is 62.2 Å². The second-order valence-corrected chi connectivity index (χ2v) is 27.9. The maximum absolute atomic E-state index is 12.8. The van der Waals surface area contributed by atoms with Gasteiger partial charge in [-0.2, -0.15) is 0 Å². The maximum Gasteiger partial charge on any atom is 0.161 e. The summed E-state index contributed by atoms with van der Waals surface area (Å²) in [7, 11) is 0. The van der Waals surface area contributed by atoms with Crippen molar-refractivity contribution in [3.8, 4) is 0 Å². The topological polar surface area (TPSA) is 315 Å². The molecule has 3 saturated carbocycles. The van der Waals surface area contributed by atoms with Gasteiger partial charge in [-0.15, -0.1) is 0 Å². The van der Waals surface area contributed by atoms with Crippen molar-refractivity contribution >= 4 is 0 Å². The molecule has 5 aliphatic heterocycles. The monoisotopic (exact) mass is 1160 g/mol. The number of hydrogen-bond acceptors (Lipinski definition) is 21. The van der Waals surface area contributed by atoms with E-state index in [0.29, 0.717) is 32.1 Å². The lowest BCUT2D eigenvalue weighted by Crippen LogP contribution is -2.64. The summed E-state index contributed by atoms with van der Waals surface area (Å²) in [6.07, 6.45) is -5.86. The molecule has 9 rings (SSSR count). The Labute approximate surface area is 478 Å². The zero-order valence-corrected chi connectivity index (χ0v) is 49.3. The molecule has 9 aliphatic rings. The van der Waals surface area contributed by atoms with Crippen LogP contribution in [0.2, 0.25) is 0 Å². The van der Waals surface area contributed by atoms with Crippen molar-refractivity contribution in [2.45, 2.75) is 287 Å². The first kappa shape index (κ1) is 64.4. The minimum atomic E-state index is -1.29. The largest absolute Gasteiger partial charge is 0.394 e. The summed E-state index contributed by atoms with van der Waals surface area (Å²) in [6.45, 7) is 16.6. The van der Waals surface area contributed by atoms with Crippen LogP contribution in [0.4, 0.5) is 0 Å². The van der Waals surface area contributed by atoms with Crippen LogP contribution in [0.1, 0.15) is 158 Å². The third-order valence-corrected chi connectivity index (χ3v) is 21.8. The van der Waals surface area contributed by atoms with Gasteiger partial charge in [0.15, 0.2) is 31.5 Å². The normalized spacial score (nSPS) is 48.3. The molecular formula is C60H102O21. The predicted molar refractivity (Wildman–Crippen MR) is 289 cm³/mol. The number of rotatable bonds is 20. The highest BCUT2D eigenvalue weighted by Crippen LogP contribution is 2.75. The summed E-state index contributed by atoms with van der Waals surface area (Å²) in [5.74, 6) is 0.842. The van der Waals surface area contributed by atoms with Crippen LogP contribution < -0.4 is 0 Å². The van der Waals surface area contributed by atoms with E-state index in [1.54, 1.807) is 13.8 Å². The second-order valence-electron chi connectivity index (χ2n) is 27.9. The number of hydrogen-bond donors (Lipinski definition) is 11. The van der Waals surface area contributed by atoms with Crippen molar-refractivity contribution in [1.82, 2.24) is 0 Å². The minimum Gasteiger partial charge on any atom is -0.394 e. The van der Waals surface area contributed by atoms with Crippen LogP contribution >= 0.6 is 0 Å². The Kier molecular flexibility index (Phi) is 20.6. The van der Waals surface area contributed by atoms with Gasteiger partial charge in [0.1, 0.15) is 24.4 Å². The standard InChI is InChI=1S/C60H102O21/c1-31(9-13-48(57(4,5)71)81-53-24-42(67)55(70)44(79-53)30-74-51-22-34(65)19-37(77-51)28-72-49-20-32(63)17-35(26-61)75-49)38-15-16-58(6)45-12-10-39-40(60(45,8)46(68)25-59(38,58)7)11-14-47(56(39,2)3)80-52-23-41(66)54(69)43(78-52)29-73-50-21-33(64)18-36(27-62)76-50/h10,31-38,40-55,61-71H,9,11-30H2,1-8H3/t31-,32+,33+,34+,35+,36+,37+,38?,40?,41-,42-,43-,44-,45+,46-,47+,48-,49-,50-,51-,52+,53+,54+,55+,58+,59-,60+/m1/s1. The molecule has 0 aromatic carbocycles. The van der Waals surface area contributed by atoms with Crippen LogP contribution in [0.3, 0.4) is 0 Å². The predicted octanol–water partition coefficient (Wildman–Crippen LogP) is 2.83. The Morgan fingerprint density at radius 2 is 1.12 bits per heavy atom. The third-order valence-electron chi connectivity index (χ3n) is 21.8.